The van der Waals surface area contributed by atoms with Crippen molar-refractivity contribution in [3.8, 4) is 0 Å². The number of nitrogens with one attached hydrogen (secondary N) is 1. The normalized spacial score (nSPS) is 23.9. The fourth-order valence-electron chi connectivity index (χ4n) is 6.04. The Kier molecular flexibility index (Phi) is 20.8. The van der Waals surface area contributed by atoms with Crippen LogP contribution in [-0.4, -0.2) is 106 Å². The van der Waals surface area contributed by atoms with Gasteiger partial charge in [0.15, 0.2) is 0 Å². The molecule has 0 radical (unpaired) electrons. The van der Waals surface area contributed by atoms with Crippen LogP contribution in [0.4, 0.5) is 0 Å². The minimum Gasteiger partial charge on any atom is -0.391 e. The summed E-state index contributed by atoms with van der Waals surface area (Å²) in [6.45, 7) is 12.5. The number of carbonyl (C=O) groups excluding carboxylic acids is 4. The van der Waals surface area contributed by atoms with Gasteiger partial charge in [-0.1, -0.05) is 49.3 Å². The number of hydrogen-bond donors (Lipinski definition) is 3. The molecule has 0 aromatic heterocycles. The van der Waals surface area contributed by atoms with Crippen molar-refractivity contribution in [3.05, 3.63) is 0 Å². The van der Waals surface area contributed by atoms with E-state index in [9.17, 15) is 33.7 Å². The van der Waals surface area contributed by atoms with Gasteiger partial charge in [0.25, 0.3) is 0 Å². The maximum absolute atomic E-state index is 13.3. The zero-order chi connectivity index (χ0) is 36.6. The number of aliphatic hydroxyl groups is 1. The lowest BCUT2D eigenvalue weighted by molar-refractivity contribution is -0.134. The number of phosphoric ester groups is 1. The first-order chi connectivity index (χ1) is 23.1. The van der Waals surface area contributed by atoms with E-state index in [4.69, 9.17) is 13.8 Å². The number of amides is 1. The number of β-amino-alcohol motifs (C(OH)–C–C–N with tert-alkyl or cyclic N) is 1. The second-order valence-electron chi connectivity index (χ2n) is 14.1. The van der Waals surface area contributed by atoms with Gasteiger partial charge in [-0.15, -0.1) is 0 Å². The van der Waals surface area contributed by atoms with Crippen LogP contribution >= 0.6 is 29.4 Å². The summed E-state index contributed by atoms with van der Waals surface area (Å²) in [7, 11) is -1.25. The van der Waals surface area contributed by atoms with Crippen LogP contribution in [-0.2, 0) is 37.5 Å². The Balaban J connectivity index is 1.83. The van der Waals surface area contributed by atoms with Gasteiger partial charge < -0.3 is 25.0 Å². The standard InChI is InChI=1S/C34H61N2O10PS2/c1-23(2)32(39)13-16-49-48-15-8-10-33(40)31-19-30(17-26(31)21-44-25(5)6)46-47(42,43)45-22-27-18-29(38)20-36(27)34(41)12-11-28(37)9-7-14-35-24(3)4/h23-27,29-31,35,38H,7-22H2,1-6H3,(H,42,43)/t26-,27-,29+,30+,31?/m0/s1. The average Bonchev–Trinajstić information content (AvgIpc) is 3.61. The van der Waals surface area contributed by atoms with Crippen LogP contribution < -0.4 is 5.32 Å². The van der Waals surface area contributed by atoms with E-state index < -0.39 is 26.1 Å². The zero-order valence-electron chi connectivity index (χ0n) is 30.3. The maximum Gasteiger partial charge on any atom is 0.472 e. The summed E-state index contributed by atoms with van der Waals surface area (Å²) in [5, 5.41) is 13.5. The van der Waals surface area contributed by atoms with Crippen LogP contribution in [0.5, 0.6) is 0 Å². The number of carbonyl (C=O) groups is 4. The van der Waals surface area contributed by atoms with Gasteiger partial charge in [0.2, 0.25) is 5.91 Å². The van der Waals surface area contributed by atoms with Gasteiger partial charge in [0.05, 0.1) is 37.6 Å². The first kappa shape index (κ1) is 44.3. The Morgan fingerprint density at radius 3 is 2.29 bits per heavy atom. The zero-order valence-corrected chi connectivity index (χ0v) is 32.8. The van der Waals surface area contributed by atoms with Gasteiger partial charge in [-0.25, -0.2) is 4.57 Å². The maximum atomic E-state index is 13.3. The first-order valence-corrected chi connectivity index (χ1v) is 21.9. The number of ketones is 3. The van der Waals surface area contributed by atoms with Crippen molar-refractivity contribution in [1.82, 2.24) is 10.2 Å². The molecule has 2 fully saturated rings. The van der Waals surface area contributed by atoms with Gasteiger partial charge >= 0.3 is 7.82 Å². The van der Waals surface area contributed by atoms with Gasteiger partial charge in [-0.2, -0.15) is 0 Å². The SMILES string of the molecule is CC(C)NCCCC(=O)CCC(=O)N1C[C@H](O)C[C@H]1COP(=O)(O)O[C@H]1CC(C(=O)CCCSSCCC(=O)C(C)C)[C@H](COC(C)C)C1. The summed E-state index contributed by atoms with van der Waals surface area (Å²) < 4.78 is 29.8. The summed E-state index contributed by atoms with van der Waals surface area (Å²) in [6.07, 6.45) is 2.14. The predicted octanol–water partition coefficient (Wildman–Crippen LogP) is 5.38. The van der Waals surface area contributed by atoms with E-state index in [0.717, 1.165) is 18.1 Å². The summed E-state index contributed by atoms with van der Waals surface area (Å²) >= 11 is 0. The lowest BCUT2D eigenvalue weighted by Crippen LogP contribution is -2.38. The van der Waals surface area contributed by atoms with Crippen molar-refractivity contribution in [2.24, 2.45) is 17.8 Å². The highest BCUT2D eigenvalue weighted by Gasteiger charge is 2.43. The number of hydrogen-bond acceptors (Lipinski definition) is 12. The highest BCUT2D eigenvalue weighted by atomic mass is 33.1. The molecule has 3 N–H and O–H groups in total. The van der Waals surface area contributed by atoms with E-state index >= 15 is 0 Å². The molecule has 1 saturated carbocycles. The molecule has 1 aliphatic heterocycles. The Labute approximate surface area is 301 Å². The van der Waals surface area contributed by atoms with E-state index in [1.807, 2.05) is 41.5 Å². The number of phosphoric acid groups is 1. The van der Waals surface area contributed by atoms with Gasteiger partial charge in [0, 0.05) is 68.0 Å². The van der Waals surface area contributed by atoms with E-state index in [1.54, 1.807) is 21.6 Å². The fourth-order valence-corrected chi connectivity index (χ4v) is 9.10. The molecule has 2 aliphatic rings. The quantitative estimate of drug-likeness (QED) is 0.0586. The lowest BCUT2D eigenvalue weighted by atomic mass is 9.90. The van der Waals surface area contributed by atoms with Crippen molar-refractivity contribution >= 4 is 52.7 Å². The summed E-state index contributed by atoms with van der Waals surface area (Å²) in [5.74, 6) is 1.08. The molecule has 1 aliphatic carbocycles. The van der Waals surface area contributed by atoms with Gasteiger partial charge in [0.1, 0.15) is 17.3 Å². The molecule has 2 unspecified atom stereocenters. The van der Waals surface area contributed by atoms with Crippen molar-refractivity contribution in [2.45, 2.75) is 136 Å². The smallest absolute Gasteiger partial charge is 0.391 e. The lowest BCUT2D eigenvalue weighted by Gasteiger charge is -2.25. The fraction of sp³-hybridized carbons (Fsp3) is 0.882. The molecular weight excluding hydrogens is 691 g/mol. The Bertz CT molecular complexity index is 1100. The second kappa shape index (κ2) is 23.0. The van der Waals surface area contributed by atoms with Gasteiger partial charge in [-0.3, -0.25) is 28.2 Å². The molecule has 12 nitrogen and oxygen atoms in total. The molecule has 1 heterocycles. The molecule has 0 bridgehead atoms. The van der Waals surface area contributed by atoms with E-state index in [1.165, 1.54) is 4.90 Å². The van der Waals surface area contributed by atoms with Gasteiger partial charge in [-0.05, 0) is 58.4 Å². The summed E-state index contributed by atoms with van der Waals surface area (Å²) in [5.41, 5.74) is 0. The summed E-state index contributed by atoms with van der Waals surface area (Å²) in [4.78, 5) is 62.3. The third-order valence-electron chi connectivity index (χ3n) is 8.75. The van der Waals surface area contributed by atoms with Crippen LogP contribution in [0.25, 0.3) is 0 Å². The summed E-state index contributed by atoms with van der Waals surface area (Å²) in [6, 6.07) is -0.291. The van der Waals surface area contributed by atoms with E-state index in [0.29, 0.717) is 51.2 Å². The minimum atomic E-state index is -4.56. The minimum absolute atomic E-state index is 0.00110. The van der Waals surface area contributed by atoms with Crippen molar-refractivity contribution in [3.63, 3.8) is 0 Å². The molecule has 1 saturated heterocycles. The molecule has 15 heteroatoms. The molecule has 1 amide bonds. The number of likely N-dealkylation sites (tertiary alicyclic amines) is 1. The molecule has 0 aromatic rings. The van der Waals surface area contributed by atoms with Crippen molar-refractivity contribution in [1.29, 1.82) is 0 Å². The topological polar surface area (TPSA) is 169 Å². The second-order valence-corrected chi connectivity index (χ2v) is 18.2. The number of ether oxygens (including phenoxy) is 1. The predicted molar refractivity (Wildman–Crippen MR) is 194 cm³/mol. The molecule has 0 aromatic carbocycles. The average molecular weight is 753 g/mol. The van der Waals surface area contributed by atoms with Crippen LogP contribution in [0, 0.1) is 17.8 Å². The molecule has 2 rings (SSSR count). The number of nitrogens with zero attached hydrogens (tertiary/aromatic N) is 1. The third kappa shape index (κ3) is 18.0. The Morgan fingerprint density at radius 1 is 0.898 bits per heavy atom. The highest BCUT2D eigenvalue weighted by Crippen LogP contribution is 2.50. The first-order valence-electron chi connectivity index (χ1n) is 17.9. The van der Waals surface area contributed by atoms with Crippen molar-refractivity contribution < 1.29 is 47.5 Å². The number of rotatable bonds is 26. The molecule has 6 atom stereocenters. The molecule has 0 spiro atoms. The molecule has 49 heavy (non-hydrogen) atoms. The monoisotopic (exact) mass is 752 g/mol. The number of aliphatic hydroxyl groups excluding tert-OH is 1. The van der Waals surface area contributed by atoms with Crippen LogP contribution in [0.3, 0.4) is 0 Å². The van der Waals surface area contributed by atoms with E-state index in [2.05, 4.69) is 5.32 Å². The molecular formula is C34H61N2O10PS2. The third-order valence-corrected chi connectivity index (χ3v) is 12.3. The van der Waals surface area contributed by atoms with Crippen LogP contribution in [0.2, 0.25) is 0 Å². The highest BCUT2D eigenvalue weighted by molar-refractivity contribution is 8.76. The Morgan fingerprint density at radius 2 is 1.61 bits per heavy atom. The van der Waals surface area contributed by atoms with Crippen molar-refractivity contribution in [2.75, 3.05) is 37.8 Å². The largest absolute Gasteiger partial charge is 0.472 e. The number of Topliss-reactive ketones (excluding diaryl/α,β-unsaturated/α-hetero) is 3. The van der Waals surface area contributed by atoms with E-state index in [-0.39, 0.29) is 85.9 Å². The Hall–Kier alpha value is -0.830. The van der Waals surface area contributed by atoms with Crippen LogP contribution in [0.1, 0.15) is 106 Å². The van der Waals surface area contributed by atoms with Crippen LogP contribution in [0.15, 0.2) is 0 Å². The molecule has 284 valence electrons.